The molecule has 0 N–H and O–H groups in total. The van der Waals surface area contributed by atoms with Crippen molar-refractivity contribution in [3.8, 4) is 11.3 Å². The van der Waals surface area contributed by atoms with Crippen LogP contribution in [-0.4, -0.2) is 22.8 Å². The van der Waals surface area contributed by atoms with Gasteiger partial charge >= 0.3 is 0 Å². The van der Waals surface area contributed by atoms with E-state index in [0.29, 0.717) is 22.2 Å². The highest BCUT2D eigenvalue weighted by atomic mass is 35.5. The molecule has 2 aliphatic heterocycles. The number of hydroxylamine groups is 1. The van der Waals surface area contributed by atoms with E-state index in [-0.39, 0.29) is 22.0 Å². The summed E-state index contributed by atoms with van der Waals surface area (Å²) in [6.45, 7) is 0. The lowest BCUT2D eigenvalue weighted by atomic mass is 9.94. The predicted molar refractivity (Wildman–Crippen MR) is 140 cm³/mol. The van der Waals surface area contributed by atoms with E-state index in [0.717, 1.165) is 4.90 Å². The van der Waals surface area contributed by atoms with Gasteiger partial charge in [-0.05, 0) is 60.7 Å². The van der Waals surface area contributed by atoms with Gasteiger partial charge in [-0.15, -0.1) is 0 Å². The van der Waals surface area contributed by atoms with Crippen LogP contribution >= 0.6 is 23.2 Å². The predicted octanol–water partition coefficient (Wildman–Crippen LogP) is 6.21. The molecule has 1 aromatic heterocycles. The number of carbonyl (C=O) groups excluding carboxylic acids is 2. The normalized spacial score (nSPS) is 20.7. The van der Waals surface area contributed by atoms with Crippen molar-refractivity contribution in [3.05, 3.63) is 111 Å². The smallest absolute Gasteiger partial charge is 0.281 e. The maximum absolute atomic E-state index is 13.7. The number of furan rings is 1. The molecule has 0 radical (unpaired) electrons. The number of nitro groups is 1. The molecular weight excluding hydrogens is 533 g/mol. The van der Waals surface area contributed by atoms with Crippen LogP contribution < -0.4 is 9.96 Å². The molecular formula is C27H17Cl2N3O6. The number of fused-ring (bicyclic) bond motifs is 1. The van der Waals surface area contributed by atoms with Crippen molar-refractivity contribution in [2.75, 3.05) is 9.96 Å². The Morgan fingerprint density at radius 1 is 0.816 bits per heavy atom. The Morgan fingerprint density at radius 3 is 2.24 bits per heavy atom. The summed E-state index contributed by atoms with van der Waals surface area (Å²) in [5, 5.41) is 13.8. The van der Waals surface area contributed by atoms with Gasteiger partial charge in [0.1, 0.15) is 23.5 Å². The summed E-state index contributed by atoms with van der Waals surface area (Å²) in [4.78, 5) is 45.4. The Kier molecular flexibility index (Phi) is 5.91. The second-order valence-electron chi connectivity index (χ2n) is 8.77. The zero-order chi connectivity index (χ0) is 26.6. The van der Waals surface area contributed by atoms with E-state index in [9.17, 15) is 19.7 Å². The van der Waals surface area contributed by atoms with Crippen molar-refractivity contribution < 1.29 is 23.8 Å². The second-order valence-corrected chi connectivity index (χ2v) is 9.64. The number of nitrogens with zero attached hydrogens (tertiary/aromatic N) is 3. The van der Waals surface area contributed by atoms with E-state index in [4.69, 9.17) is 32.5 Å². The molecule has 0 saturated carbocycles. The van der Waals surface area contributed by atoms with Crippen LogP contribution in [0.2, 0.25) is 10.0 Å². The molecule has 38 heavy (non-hydrogen) atoms. The quantitative estimate of drug-likeness (QED) is 0.165. The average Bonchev–Trinajstić information content (AvgIpc) is 3.60. The number of halogens is 2. The minimum absolute atomic E-state index is 0.214. The topological polar surface area (TPSA) is 106 Å². The Morgan fingerprint density at radius 2 is 1.53 bits per heavy atom. The molecule has 11 heteroatoms. The van der Waals surface area contributed by atoms with Gasteiger partial charge in [0.05, 0.1) is 21.9 Å². The highest BCUT2D eigenvalue weighted by Crippen LogP contribution is 2.48. The summed E-state index contributed by atoms with van der Waals surface area (Å²) in [6, 6.07) is 22.0. The fraction of sp³-hybridized carbons (Fsp3) is 0.111. The Hall–Kier alpha value is -4.18. The van der Waals surface area contributed by atoms with Gasteiger partial charge in [0, 0.05) is 16.1 Å². The van der Waals surface area contributed by atoms with E-state index in [1.807, 2.05) is 6.07 Å². The van der Waals surface area contributed by atoms with Crippen LogP contribution in [0.1, 0.15) is 11.8 Å². The summed E-state index contributed by atoms with van der Waals surface area (Å²) in [5.41, 5.74) is 0.995. The van der Waals surface area contributed by atoms with E-state index in [2.05, 4.69) is 0 Å². The van der Waals surface area contributed by atoms with Gasteiger partial charge in [-0.3, -0.25) is 24.5 Å². The van der Waals surface area contributed by atoms with Crippen molar-refractivity contribution >= 4 is 52.1 Å². The van der Waals surface area contributed by atoms with E-state index in [1.54, 1.807) is 60.7 Å². The largest absolute Gasteiger partial charge is 0.458 e. The number of nitro benzene ring substituents is 1. The number of benzene rings is 3. The lowest BCUT2D eigenvalue weighted by Gasteiger charge is -2.27. The van der Waals surface area contributed by atoms with Crippen LogP contribution in [-0.2, 0) is 14.4 Å². The Labute approximate surface area is 225 Å². The average molecular weight is 550 g/mol. The van der Waals surface area contributed by atoms with Gasteiger partial charge in [-0.2, -0.15) is 0 Å². The summed E-state index contributed by atoms with van der Waals surface area (Å²) < 4.78 is 6.12. The molecule has 0 unspecified atom stereocenters. The molecule has 2 aliphatic rings. The van der Waals surface area contributed by atoms with Gasteiger partial charge < -0.3 is 4.42 Å². The molecule has 4 aromatic rings. The molecule has 2 fully saturated rings. The molecule has 0 spiro atoms. The first-order valence-corrected chi connectivity index (χ1v) is 12.3. The summed E-state index contributed by atoms with van der Waals surface area (Å²) >= 11 is 12.0. The van der Waals surface area contributed by atoms with Gasteiger partial charge in [-0.25, -0.2) is 9.96 Å². The molecule has 0 bridgehead atoms. The lowest BCUT2D eigenvalue weighted by molar-refractivity contribution is -0.384. The first-order chi connectivity index (χ1) is 18.3. The monoisotopic (exact) mass is 549 g/mol. The number of anilines is 2. The standard InChI is InChI=1S/C27H17Cl2N3O6/c28-15-6-9-17(10-7-15)30-26(33)23-24(31(38-25(23)27(30)34)18-4-2-1-3-5-18)22-13-12-21(37-22)19-11-8-16(29)14-20(19)32(35)36/h1-14,23-25H/t23-,24-,25+/m1/s1. The SMILES string of the molecule is O=C1[C@H]2[C@H](ON(c3ccccc3)[C@@H]2c2ccc(-c3ccc(Cl)cc3[N+](=O)[O-])o2)C(=O)N1c1ccc(Cl)cc1. The molecule has 3 aromatic carbocycles. The molecule has 2 saturated heterocycles. The maximum Gasteiger partial charge on any atom is 0.281 e. The molecule has 6 rings (SSSR count). The minimum atomic E-state index is -1.10. The van der Waals surface area contributed by atoms with Gasteiger partial charge in [-0.1, -0.05) is 41.4 Å². The van der Waals surface area contributed by atoms with Crippen molar-refractivity contribution in [2.45, 2.75) is 12.1 Å². The number of imide groups is 1. The van der Waals surface area contributed by atoms with Gasteiger partial charge in [0.15, 0.2) is 6.10 Å². The highest BCUT2D eigenvalue weighted by Gasteiger charge is 2.61. The van der Waals surface area contributed by atoms with Crippen LogP contribution in [0, 0.1) is 16.0 Å². The third-order valence-corrected chi connectivity index (χ3v) is 7.04. The van der Waals surface area contributed by atoms with E-state index >= 15 is 0 Å². The van der Waals surface area contributed by atoms with Crippen molar-refractivity contribution in [2.24, 2.45) is 5.92 Å². The van der Waals surface area contributed by atoms with Crippen molar-refractivity contribution in [3.63, 3.8) is 0 Å². The van der Waals surface area contributed by atoms with Crippen LogP contribution in [0.15, 0.2) is 89.3 Å². The van der Waals surface area contributed by atoms with E-state index < -0.39 is 34.8 Å². The fourth-order valence-corrected chi connectivity index (χ4v) is 5.16. The number of rotatable bonds is 5. The van der Waals surface area contributed by atoms with Crippen molar-refractivity contribution in [1.29, 1.82) is 0 Å². The number of carbonyl (C=O) groups is 2. The first-order valence-electron chi connectivity index (χ1n) is 11.5. The molecule has 9 nitrogen and oxygen atoms in total. The zero-order valence-corrected chi connectivity index (χ0v) is 20.9. The third kappa shape index (κ3) is 3.92. The number of hydrogen-bond donors (Lipinski definition) is 0. The molecule has 3 atom stereocenters. The van der Waals surface area contributed by atoms with Crippen LogP contribution in [0.3, 0.4) is 0 Å². The summed E-state index contributed by atoms with van der Waals surface area (Å²) in [5.74, 6) is -1.38. The summed E-state index contributed by atoms with van der Waals surface area (Å²) in [6.07, 6.45) is -1.10. The van der Waals surface area contributed by atoms with Gasteiger partial charge in [0.2, 0.25) is 5.91 Å². The fourth-order valence-electron chi connectivity index (χ4n) is 4.87. The number of hydrogen-bond acceptors (Lipinski definition) is 7. The third-order valence-electron chi connectivity index (χ3n) is 6.55. The number of para-hydroxylation sites is 1. The van der Waals surface area contributed by atoms with Crippen molar-refractivity contribution in [1.82, 2.24) is 0 Å². The van der Waals surface area contributed by atoms with Crippen LogP contribution in [0.4, 0.5) is 17.1 Å². The molecule has 2 amide bonds. The van der Waals surface area contributed by atoms with Gasteiger partial charge in [0.25, 0.3) is 11.6 Å². The second kappa shape index (κ2) is 9.29. The maximum atomic E-state index is 13.7. The lowest BCUT2D eigenvalue weighted by Crippen LogP contribution is -2.37. The molecule has 190 valence electrons. The number of amides is 2. The zero-order valence-electron chi connectivity index (χ0n) is 19.4. The minimum Gasteiger partial charge on any atom is -0.458 e. The van der Waals surface area contributed by atoms with Crippen LogP contribution in [0.5, 0.6) is 0 Å². The van der Waals surface area contributed by atoms with E-state index in [1.165, 1.54) is 23.3 Å². The Bertz CT molecular complexity index is 1570. The highest BCUT2D eigenvalue weighted by molar-refractivity contribution is 6.31. The molecule has 0 aliphatic carbocycles. The van der Waals surface area contributed by atoms with Crippen LogP contribution in [0.25, 0.3) is 11.3 Å². The molecule has 3 heterocycles. The Balaban J connectivity index is 1.43. The summed E-state index contributed by atoms with van der Waals surface area (Å²) in [7, 11) is 0. The first kappa shape index (κ1) is 24.2.